The number of nitrogens with two attached hydrogens (primary N) is 1. The molecule has 0 radical (unpaired) electrons. The van der Waals surface area contributed by atoms with Crippen LogP contribution >= 0.6 is 11.8 Å². The number of methoxy groups -OCH3 is 1. The molecule has 5 heteroatoms. The van der Waals surface area contributed by atoms with Crippen LogP contribution in [0.3, 0.4) is 0 Å². The van der Waals surface area contributed by atoms with Crippen molar-refractivity contribution in [3.63, 3.8) is 0 Å². The van der Waals surface area contributed by atoms with Gasteiger partial charge in [-0.2, -0.15) is 11.8 Å². The molecule has 94 valence electrons. The Bertz CT molecular complexity index is 207. The monoisotopic (exact) mass is 247 g/mol. The standard InChI is InChI=1S/C11H21NO3S/c1-14-11(13)10(12)8-16-7-3-5-9-4-2-6-15-9/h9-10H,2-8,12H2,1H3. The zero-order valence-electron chi connectivity index (χ0n) is 9.81. The molecule has 0 aromatic rings. The third kappa shape index (κ3) is 5.18. The molecular weight excluding hydrogens is 226 g/mol. The summed E-state index contributed by atoms with van der Waals surface area (Å²) in [4.78, 5) is 11.0. The number of thioether (sulfide) groups is 1. The van der Waals surface area contributed by atoms with Crippen molar-refractivity contribution in [3.05, 3.63) is 0 Å². The van der Waals surface area contributed by atoms with Crippen molar-refractivity contribution in [2.75, 3.05) is 25.2 Å². The number of carbonyl (C=O) groups is 1. The van der Waals surface area contributed by atoms with Gasteiger partial charge < -0.3 is 15.2 Å². The highest BCUT2D eigenvalue weighted by Crippen LogP contribution is 2.18. The first-order valence-corrected chi connectivity index (χ1v) is 6.92. The summed E-state index contributed by atoms with van der Waals surface area (Å²) < 4.78 is 10.1. The van der Waals surface area contributed by atoms with E-state index in [1.807, 2.05) is 0 Å². The number of rotatable bonds is 7. The maximum absolute atomic E-state index is 11.0. The molecule has 16 heavy (non-hydrogen) atoms. The second kappa shape index (κ2) is 7.92. The zero-order chi connectivity index (χ0) is 11.8. The zero-order valence-corrected chi connectivity index (χ0v) is 10.6. The van der Waals surface area contributed by atoms with Crippen molar-refractivity contribution in [1.82, 2.24) is 0 Å². The molecule has 2 unspecified atom stereocenters. The van der Waals surface area contributed by atoms with E-state index in [0.29, 0.717) is 11.9 Å². The van der Waals surface area contributed by atoms with E-state index < -0.39 is 6.04 Å². The average molecular weight is 247 g/mol. The van der Waals surface area contributed by atoms with Crippen LogP contribution in [0, 0.1) is 0 Å². The highest BCUT2D eigenvalue weighted by atomic mass is 32.2. The van der Waals surface area contributed by atoms with Crippen LogP contribution in [-0.4, -0.2) is 43.3 Å². The predicted molar refractivity (Wildman–Crippen MR) is 65.5 cm³/mol. The van der Waals surface area contributed by atoms with E-state index in [-0.39, 0.29) is 5.97 Å². The second-order valence-electron chi connectivity index (χ2n) is 3.98. The fraction of sp³-hybridized carbons (Fsp3) is 0.909. The highest BCUT2D eigenvalue weighted by molar-refractivity contribution is 7.99. The smallest absolute Gasteiger partial charge is 0.323 e. The lowest BCUT2D eigenvalue weighted by atomic mass is 10.1. The molecule has 0 aromatic carbocycles. The first kappa shape index (κ1) is 13.8. The van der Waals surface area contributed by atoms with Crippen molar-refractivity contribution >= 4 is 17.7 Å². The topological polar surface area (TPSA) is 61.5 Å². The third-order valence-electron chi connectivity index (χ3n) is 2.64. The number of ether oxygens (including phenoxy) is 2. The van der Waals surface area contributed by atoms with Crippen molar-refractivity contribution in [1.29, 1.82) is 0 Å². The molecule has 0 bridgehead atoms. The number of esters is 1. The summed E-state index contributed by atoms with van der Waals surface area (Å²) >= 11 is 1.71. The Morgan fingerprint density at radius 1 is 1.69 bits per heavy atom. The Hall–Kier alpha value is -0.260. The summed E-state index contributed by atoms with van der Waals surface area (Å²) in [6, 6.07) is -0.488. The van der Waals surface area contributed by atoms with Crippen LogP contribution in [-0.2, 0) is 14.3 Å². The van der Waals surface area contributed by atoms with Crippen molar-refractivity contribution < 1.29 is 14.3 Å². The number of hydrogen-bond donors (Lipinski definition) is 1. The van der Waals surface area contributed by atoms with Gasteiger partial charge in [0.2, 0.25) is 0 Å². The Morgan fingerprint density at radius 2 is 2.50 bits per heavy atom. The molecule has 1 aliphatic heterocycles. The van der Waals surface area contributed by atoms with Crippen LogP contribution in [0.25, 0.3) is 0 Å². The van der Waals surface area contributed by atoms with Gasteiger partial charge in [-0.3, -0.25) is 4.79 Å². The van der Waals surface area contributed by atoms with Crippen LogP contribution in [0.4, 0.5) is 0 Å². The van der Waals surface area contributed by atoms with Crippen molar-refractivity contribution in [2.45, 2.75) is 37.8 Å². The van der Waals surface area contributed by atoms with Gasteiger partial charge in [0.1, 0.15) is 6.04 Å². The summed E-state index contributed by atoms with van der Waals surface area (Å²) in [5.74, 6) is 1.34. The van der Waals surface area contributed by atoms with Gasteiger partial charge in [-0.05, 0) is 31.4 Å². The lowest BCUT2D eigenvalue weighted by Crippen LogP contribution is -2.33. The van der Waals surface area contributed by atoms with Gasteiger partial charge in [0, 0.05) is 12.4 Å². The molecule has 0 saturated carbocycles. The summed E-state index contributed by atoms with van der Waals surface area (Å²) in [7, 11) is 1.37. The summed E-state index contributed by atoms with van der Waals surface area (Å²) in [6.07, 6.45) is 5.12. The molecule has 1 fully saturated rings. The molecule has 0 aliphatic carbocycles. The van der Waals surface area contributed by atoms with Gasteiger partial charge in [-0.1, -0.05) is 0 Å². The number of hydrogen-bond acceptors (Lipinski definition) is 5. The lowest BCUT2D eigenvalue weighted by molar-refractivity contribution is -0.141. The average Bonchev–Trinajstić information content (AvgIpc) is 2.80. The fourth-order valence-electron chi connectivity index (χ4n) is 1.71. The summed E-state index contributed by atoms with van der Waals surface area (Å²) in [6.45, 7) is 0.922. The van der Waals surface area contributed by atoms with Gasteiger partial charge in [-0.25, -0.2) is 0 Å². The molecule has 1 rings (SSSR count). The van der Waals surface area contributed by atoms with Gasteiger partial charge in [0.25, 0.3) is 0 Å². The van der Waals surface area contributed by atoms with E-state index in [1.54, 1.807) is 11.8 Å². The molecule has 1 aliphatic rings. The van der Waals surface area contributed by atoms with Crippen LogP contribution in [0.2, 0.25) is 0 Å². The third-order valence-corrected chi connectivity index (χ3v) is 3.81. The molecule has 2 atom stereocenters. The molecule has 2 N–H and O–H groups in total. The first-order valence-electron chi connectivity index (χ1n) is 5.76. The van der Waals surface area contributed by atoms with Gasteiger partial charge >= 0.3 is 5.97 Å². The van der Waals surface area contributed by atoms with Crippen LogP contribution in [0.1, 0.15) is 25.7 Å². The highest BCUT2D eigenvalue weighted by Gasteiger charge is 2.15. The summed E-state index contributed by atoms with van der Waals surface area (Å²) in [5, 5.41) is 0. The Labute approximate surface area is 101 Å². The van der Waals surface area contributed by atoms with Crippen molar-refractivity contribution in [2.24, 2.45) is 5.73 Å². The van der Waals surface area contributed by atoms with Crippen molar-refractivity contribution in [3.8, 4) is 0 Å². The van der Waals surface area contributed by atoms with Gasteiger partial charge in [0.15, 0.2) is 0 Å². The first-order chi connectivity index (χ1) is 7.74. The molecule has 0 spiro atoms. The van der Waals surface area contributed by atoms with E-state index in [4.69, 9.17) is 10.5 Å². The maximum atomic E-state index is 11.0. The fourth-order valence-corrected chi connectivity index (χ4v) is 2.64. The van der Waals surface area contributed by atoms with E-state index in [0.717, 1.165) is 25.2 Å². The van der Waals surface area contributed by atoms with Gasteiger partial charge in [-0.15, -0.1) is 0 Å². The van der Waals surface area contributed by atoms with Crippen LogP contribution < -0.4 is 5.73 Å². The number of carbonyl (C=O) groups excluding carboxylic acids is 1. The minimum atomic E-state index is -0.488. The van der Waals surface area contributed by atoms with E-state index in [9.17, 15) is 4.79 Å². The minimum absolute atomic E-state index is 0.327. The minimum Gasteiger partial charge on any atom is -0.468 e. The quantitative estimate of drug-likeness (QED) is 0.540. The Kier molecular flexibility index (Phi) is 6.84. The Balaban J connectivity index is 1.92. The van der Waals surface area contributed by atoms with Crippen LogP contribution in [0.15, 0.2) is 0 Å². The molecule has 1 saturated heterocycles. The maximum Gasteiger partial charge on any atom is 0.323 e. The van der Waals surface area contributed by atoms with Crippen LogP contribution in [0.5, 0.6) is 0 Å². The lowest BCUT2D eigenvalue weighted by Gasteiger charge is -2.10. The molecule has 4 nitrogen and oxygen atoms in total. The molecule has 1 heterocycles. The molecule has 0 amide bonds. The SMILES string of the molecule is COC(=O)C(N)CSCCCC1CCCO1. The summed E-state index contributed by atoms with van der Waals surface area (Å²) in [5.41, 5.74) is 5.61. The molecular formula is C11H21NO3S. The second-order valence-corrected chi connectivity index (χ2v) is 5.13. The van der Waals surface area contributed by atoms with E-state index in [2.05, 4.69) is 4.74 Å². The predicted octanol–water partition coefficient (Wildman–Crippen LogP) is 1.18. The normalized spacial score (nSPS) is 22.0. The largest absolute Gasteiger partial charge is 0.468 e. The van der Waals surface area contributed by atoms with Gasteiger partial charge in [0.05, 0.1) is 13.2 Å². The molecule has 0 aromatic heterocycles. The van der Waals surface area contributed by atoms with E-state index >= 15 is 0 Å². The Morgan fingerprint density at radius 3 is 3.12 bits per heavy atom. The van der Waals surface area contributed by atoms with E-state index in [1.165, 1.54) is 20.0 Å².